The molecule has 0 fully saturated rings. The molecule has 0 saturated heterocycles. The minimum Gasteiger partial charge on any atom is -0.481 e. The molecule has 1 aromatic heterocycles. The highest BCUT2D eigenvalue weighted by molar-refractivity contribution is 14.1. The Morgan fingerprint density at radius 3 is 2.80 bits per heavy atom. The third kappa shape index (κ3) is 4.32. The van der Waals surface area contributed by atoms with Crippen molar-refractivity contribution >= 4 is 34.5 Å². The first-order chi connectivity index (χ1) is 7.09. The number of aromatic nitrogens is 1. The molecule has 15 heavy (non-hydrogen) atoms. The van der Waals surface area contributed by atoms with Gasteiger partial charge in [-0.2, -0.15) is 0 Å². The molecule has 1 amide bonds. The second-order valence-corrected chi connectivity index (χ2v) is 4.23. The number of amides is 1. The predicted molar refractivity (Wildman–Crippen MR) is 62.7 cm³/mol. The van der Waals surface area contributed by atoms with Crippen LogP contribution in [0.2, 0.25) is 0 Å². The maximum absolute atomic E-state index is 11.4. The van der Waals surface area contributed by atoms with Crippen molar-refractivity contribution in [1.29, 1.82) is 0 Å². The number of aliphatic carboxylic acids is 1. The third-order valence-electron chi connectivity index (χ3n) is 1.75. The zero-order valence-corrected chi connectivity index (χ0v) is 10.1. The lowest BCUT2D eigenvalue weighted by Gasteiger charge is -2.01. The smallest absolute Gasteiger partial charge is 0.303 e. The standard InChI is InChI=1S/C9H11IN2O3/c10-6-4-7(12-5-6)9(15)11-3-1-2-8(13)14/h4-5,12H,1-3H2,(H,11,15)(H,13,14). The first-order valence-corrected chi connectivity index (χ1v) is 5.51. The number of nitrogens with one attached hydrogen (secondary N) is 2. The average molecular weight is 322 g/mol. The predicted octanol–water partition coefficient (Wildman–Crippen LogP) is 1.21. The van der Waals surface area contributed by atoms with E-state index in [0.29, 0.717) is 18.7 Å². The quantitative estimate of drug-likeness (QED) is 0.563. The van der Waals surface area contributed by atoms with Gasteiger partial charge in [-0.1, -0.05) is 0 Å². The Kier molecular flexibility index (Phi) is 4.60. The Morgan fingerprint density at radius 1 is 1.53 bits per heavy atom. The molecule has 0 atom stereocenters. The highest BCUT2D eigenvalue weighted by atomic mass is 127. The van der Waals surface area contributed by atoms with Crippen molar-refractivity contribution in [3.05, 3.63) is 21.5 Å². The number of carbonyl (C=O) groups excluding carboxylic acids is 1. The zero-order chi connectivity index (χ0) is 11.3. The van der Waals surface area contributed by atoms with Crippen molar-refractivity contribution in [2.45, 2.75) is 12.8 Å². The van der Waals surface area contributed by atoms with Gasteiger partial charge in [0, 0.05) is 22.7 Å². The average Bonchev–Trinajstić information content (AvgIpc) is 2.59. The summed E-state index contributed by atoms with van der Waals surface area (Å²) >= 11 is 2.10. The number of hydrogen-bond acceptors (Lipinski definition) is 2. The van der Waals surface area contributed by atoms with Crippen molar-refractivity contribution in [3.63, 3.8) is 0 Å². The molecule has 0 radical (unpaired) electrons. The van der Waals surface area contributed by atoms with E-state index >= 15 is 0 Å². The van der Waals surface area contributed by atoms with E-state index in [1.54, 1.807) is 12.3 Å². The minimum atomic E-state index is -0.848. The SMILES string of the molecule is O=C(O)CCCNC(=O)c1cc(I)c[nH]1. The summed E-state index contributed by atoms with van der Waals surface area (Å²) in [5.41, 5.74) is 0.495. The minimum absolute atomic E-state index is 0.0720. The van der Waals surface area contributed by atoms with E-state index in [0.717, 1.165) is 3.57 Å². The Labute approximate surface area is 100 Å². The maximum atomic E-state index is 11.4. The largest absolute Gasteiger partial charge is 0.481 e. The van der Waals surface area contributed by atoms with Crippen molar-refractivity contribution in [3.8, 4) is 0 Å². The Balaban J connectivity index is 2.28. The van der Waals surface area contributed by atoms with E-state index in [2.05, 4.69) is 32.9 Å². The number of rotatable bonds is 5. The highest BCUT2D eigenvalue weighted by Crippen LogP contribution is 2.05. The maximum Gasteiger partial charge on any atom is 0.303 e. The molecular weight excluding hydrogens is 311 g/mol. The molecule has 0 unspecified atom stereocenters. The number of H-pyrrole nitrogens is 1. The zero-order valence-electron chi connectivity index (χ0n) is 7.92. The van der Waals surface area contributed by atoms with Crippen LogP contribution in [0.25, 0.3) is 0 Å². The molecule has 0 aliphatic heterocycles. The number of hydrogen-bond donors (Lipinski definition) is 3. The van der Waals surface area contributed by atoms with Crippen LogP contribution in [-0.2, 0) is 4.79 Å². The van der Waals surface area contributed by atoms with E-state index in [4.69, 9.17) is 5.11 Å². The summed E-state index contributed by atoms with van der Waals surface area (Å²) in [6.45, 7) is 0.376. The Hall–Kier alpha value is -1.05. The van der Waals surface area contributed by atoms with Crippen molar-refractivity contribution in [2.75, 3.05) is 6.54 Å². The van der Waals surface area contributed by atoms with E-state index in [9.17, 15) is 9.59 Å². The fraction of sp³-hybridized carbons (Fsp3) is 0.333. The van der Waals surface area contributed by atoms with Gasteiger partial charge in [-0.25, -0.2) is 0 Å². The molecule has 0 aliphatic rings. The number of carboxylic acid groups (broad SMARTS) is 1. The van der Waals surface area contributed by atoms with Crippen LogP contribution < -0.4 is 5.32 Å². The number of carbonyl (C=O) groups is 2. The topological polar surface area (TPSA) is 82.2 Å². The summed E-state index contributed by atoms with van der Waals surface area (Å²) in [4.78, 5) is 24.4. The molecular formula is C9H11IN2O3. The van der Waals surface area contributed by atoms with Gasteiger partial charge < -0.3 is 15.4 Å². The normalized spacial score (nSPS) is 9.93. The van der Waals surface area contributed by atoms with Gasteiger partial charge in [0.05, 0.1) is 0 Å². The monoisotopic (exact) mass is 322 g/mol. The van der Waals surface area contributed by atoms with E-state index in [-0.39, 0.29) is 12.3 Å². The molecule has 3 N–H and O–H groups in total. The van der Waals surface area contributed by atoms with Gasteiger partial charge in [0.2, 0.25) is 0 Å². The fourth-order valence-corrected chi connectivity index (χ4v) is 1.50. The molecule has 0 saturated carbocycles. The van der Waals surface area contributed by atoms with Crippen molar-refractivity contribution < 1.29 is 14.7 Å². The van der Waals surface area contributed by atoms with Crippen LogP contribution in [-0.4, -0.2) is 28.5 Å². The summed E-state index contributed by atoms with van der Waals surface area (Å²) in [6, 6.07) is 1.73. The number of carboxylic acids is 1. The first-order valence-electron chi connectivity index (χ1n) is 4.43. The van der Waals surface area contributed by atoms with Crippen molar-refractivity contribution in [1.82, 2.24) is 10.3 Å². The van der Waals surface area contributed by atoms with Gasteiger partial charge in [-0.05, 0) is 35.1 Å². The summed E-state index contributed by atoms with van der Waals surface area (Å²) in [7, 11) is 0. The highest BCUT2D eigenvalue weighted by Gasteiger charge is 2.06. The van der Waals surface area contributed by atoms with Crippen LogP contribution in [0, 0.1) is 3.57 Å². The van der Waals surface area contributed by atoms with E-state index in [1.165, 1.54) is 0 Å². The fourth-order valence-electron chi connectivity index (χ4n) is 1.04. The third-order valence-corrected chi connectivity index (χ3v) is 2.37. The van der Waals surface area contributed by atoms with Crippen LogP contribution in [0.15, 0.2) is 12.3 Å². The summed E-state index contributed by atoms with van der Waals surface area (Å²) in [5.74, 6) is -1.05. The van der Waals surface area contributed by atoms with Crippen LogP contribution in [0.3, 0.4) is 0 Å². The van der Waals surface area contributed by atoms with Gasteiger partial charge >= 0.3 is 5.97 Å². The Morgan fingerprint density at radius 2 is 2.27 bits per heavy atom. The number of halogens is 1. The molecule has 1 rings (SSSR count). The van der Waals surface area contributed by atoms with Gasteiger partial charge in [0.1, 0.15) is 5.69 Å². The molecule has 0 bridgehead atoms. The van der Waals surface area contributed by atoms with E-state index < -0.39 is 5.97 Å². The molecule has 1 heterocycles. The van der Waals surface area contributed by atoms with Crippen LogP contribution >= 0.6 is 22.6 Å². The molecule has 0 aromatic carbocycles. The lowest BCUT2D eigenvalue weighted by molar-refractivity contribution is -0.137. The number of aromatic amines is 1. The molecule has 5 nitrogen and oxygen atoms in total. The second kappa shape index (κ2) is 5.74. The first kappa shape index (κ1) is 12.0. The summed E-state index contributed by atoms with van der Waals surface area (Å²) in [5, 5.41) is 11.0. The lowest BCUT2D eigenvalue weighted by atomic mass is 10.3. The van der Waals surface area contributed by atoms with Gasteiger partial charge in [-0.15, -0.1) is 0 Å². The molecule has 6 heteroatoms. The lowest BCUT2D eigenvalue weighted by Crippen LogP contribution is -2.25. The van der Waals surface area contributed by atoms with Gasteiger partial charge in [-0.3, -0.25) is 9.59 Å². The Bertz CT molecular complexity index is 362. The molecule has 0 aliphatic carbocycles. The van der Waals surface area contributed by atoms with Crippen LogP contribution in [0.5, 0.6) is 0 Å². The molecule has 82 valence electrons. The molecule has 1 aromatic rings. The van der Waals surface area contributed by atoms with E-state index in [1.807, 2.05) is 0 Å². The molecule has 0 spiro atoms. The van der Waals surface area contributed by atoms with Crippen LogP contribution in [0.1, 0.15) is 23.3 Å². The van der Waals surface area contributed by atoms with Gasteiger partial charge in [0.15, 0.2) is 0 Å². The van der Waals surface area contributed by atoms with Crippen molar-refractivity contribution in [2.24, 2.45) is 0 Å². The summed E-state index contributed by atoms with van der Waals surface area (Å²) in [6.07, 6.45) is 2.24. The van der Waals surface area contributed by atoms with Gasteiger partial charge in [0.25, 0.3) is 5.91 Å². The summed E-state index contributed by atoms with van der Waals surface area (Å²) < 4.78 is 0.961. The second-order valence-electron chi connectivity index (χ2n) is 2.98. The van der Waals surface area contributed by atoms with Crippen LogP contribution in [0.4, 0.5) is 0 Å².